The van der Waals surface area contributed by atoms with E-state index in [0.29, 0.717) is 13.1 Å². The lowest BCUT2D eigenvalue weighted by Crippen LogP contribution is -2.56. The molecule has 0 aromatic carbocycles. The zero-order chi connectivity index (χ0) is 10.8. The normalized spacial score (nSPS) is 24.8. The molecule has 1 saturated heterocycles. The van der Waals surface area contributed by atoms with E-state index in [0.717, 1.165) is 5.06 Å². The van der Waals surface area contributed by atoms with Gasteiger partial charge in [-0.15, -0.1) is 0 Å². The van der Waals surface area contributed by atoms with Crippen molar-refractivity contribution in [2.24, 2.45) is 5.73 Å². The molecular formula is C5H12N4O4S. The zero-order valence-electron chi connectivity index (χ0n) is 7.30. The Morgan fingerprint density at radius 1 is 1.71 bits per heavy atom. The molecule has 14 heavy (non-hydrogen) atoms. The van der Waals surface area contributed by atoms with E-state index in [1.165, 1.54) is 0 Å². The van der Waals surface area contributed by atoms with E-state index in [4.69, 9.17) is 15.7 Å². The van der Waals surface area contributed by atoms with Gasteiger partial charge in [0, 0.05) is 19.6 Å². The predicted octanol–water partition coefficient (Wildman–Crippen LogP) is -2.07. The summed E-state index contributed by atoms with van der Waals surface area (Å²) in [5, 5.41) is 11.0. The summed E-state index contributed by atoms with van der Waals surface area (Å²) in [7, 11) is -4.54. The summed E-state index contributed by atoms with van der Waals surface area (Å²) in [6, 6.07) is -0.675. The first-order valence-electron chi connectivity index (χ1n) is 3.88. The van der Waals surface area contributed by atoms with Crippen molar-refractivity contribution < 1.29 is 17.3 Å². The van der Waals surface area contributed by atoms with Gasteiger partial charge in [-0.25, -0.2) is 0 Å². The number of nitrogens with zero attached hydrogens (tertiary/aromatic N) is 1. The quantitative estimate of drug-likeness (QED) is 0.246. The topological polar surface area (TPSA) is 129 Å². The highest BCUT2D eigenvalue weighted by molar-refractivity contribution is 7.80. The summed E-state index contributed by atoms with van der Waals surface area (Å²) in [4.78, 5) is 0. The Morgan fingerprint density at radius 2 is 2.36 bits per heavy atom. The van der Waals surface area contributed by atoms with Crippen molar-refractivity contribution in [2.45, 2.75) is 6.04 Å². The summed E-state index contributed by atoms with van der Waals surface area (Å²) >= 11 is 0. The minimum Gasteiger partial charge on any atom is -0.386 e. The molecule has 0 bridgehead atoms. The van der Waals surface area contributed by atoms with Crippen LogP contribution in [0.3, 0.4) is 0 Å². The second-order valence-electron chi connectivity index (χ2n) is 2.82. The number of nitrogens with one attached hydrogen (secondary N) is 2. The van der Waals surface area contributed by atoms with Crippen molar-refractivity contribution in [2.75, 3.05) is 19.6 Å². The largest absolute Gasteiger partial charge is 0.413 e. The predicted molar refractivity (Wildman–Crippen MR) is 47.9 cm³/mol. The van der Waals surface area contributed by atoms with Gasteiger partial charge in [0.15, 0.2) is 0 Å². The molecule has 1 aliphatic rings. The van der Waals surface area contributed by atoms with Crippen LogP contribution in [0.25, 0.3) is 0 Å². The number of rotatable bonds is 3. The van der Waals surface area contributed by atoms with Crippen molar-refractivity contribution in [1.82, 2.24) is 10.4 Å². The summed E-state index contributed by atoms with van der Waals surface area (Å²) in [6.45, 7) is 1.04. The lowest BCUT2D eigenvalue weighted by Gasteiger charge is -2.32. The number of piperazine rings is 1. The molecule has 1 atom stereocenters. The first kappa shape index (κ1) is 11.3. The monoisotopic (exact) mass is 224 g/mol. The molecular weight excluding hydrogens is 212 g/mol. The van der Waals surface area contributed by atoms with Gasteiger partial charge >= 0.3 is 10.4 Å². The number of amidine groups is 1. The molecule has 5 N–H and O–H groups in total. The highest BCUT2D eigenvalue weighted by Crippen LogP contribution is 2.06. The second kappa shape index (κ2) is 4.19. The molecule has 1 rings (SSSR count). The van der Waals surface area contributed by atoms with Crippen molar-refractivity contribution in [3.8, 4) is 0 Å². The molecule has 8 nitrogen and oxygen atoms in total. The highest BCUT2D eigenvalue weighted by atomic mass is 32.3. The SMILES string of the molecule is N=C(N)C1CNCCN1OS(=O)(=O)O. The summed E-state index contributed by atoms with van der Waals surface area (Å²) in [5.74, 6) is -0.221. The van der Waals surface area contributed by atoms with Gasteiger partial charge in [0.2, 0.25) is 0 Å². The molecule has 0 amide bonds. The average molecular weight is 224 g/mol. The van der Waals surface area contributed by atoms with Crippen LogP contribution in [0.2, 0.25) is 0 Å². The molecule has 9 heteroatoms. The van der Waals surface area contributed by atoms with Crippen molar-refractivity contribution >= 4 is 16.2 Å². The molecule has 0 radical (unpaired) electrons. The van der Waals surface area contributed by atoms with Crippen LogP contribution in [0.4, 0.5) is 0 Å². The van der Waals surface area contributed by atoms with Gasteiger partial charge in [0.05, 0.1) is 0 Å². The van der Waals surface area contributed by atoms with Gasteiger partial charge in [-0.2, -0.15) is 17.8 Å². The molecule has 1 aliphatic heterocycles. The lowest BCUT2D eigenvalue weighted by molar-refractivity contribution is -0.0876. The van der Waals surface area contributed by atoms with Crippen LogP contribution in [-0.4, -0.2) is 49.5 Å². The van der Waals surface area contributed by atoms with E-state index >= 15 is 0 Å². The Balaban J connectivity index is 2.68. The Hall–Kier alpha value is -0.740. The Labute approximate surface area is 81.4 Å². The van der Waals surface area contributed by atoms with E-state index in [1.807, 2.05) is 0 Å². The van der Waals surface area contributed by atoms with Gasteiger partial charge in [-0.1, -0.05) is 0 Å². The van der Waals surface area contributed by atoms with Crippen LogP contribution in [0.15, 0.2) is 0 Å². The molecule has 0 saturated carbocycles. The number of hydroxylamine groups is 2. The first-order chi connectivity index (χ1) is 6.40. The maximum atomic E-state index is 10.4. The molecule has 1 heterocycles. The highest BCUT2D eigenvalue weighted by Gasteiger charge is 2.28. The van der Waals surface area contributed by atoms with Gasteiger partial charge in [-0.3, -0.25) is 9.96 Å². The fourth-order valence-corrected chi connectivity index (χ4v) is 1.58. The van der Waals surface area contributed by atoms with E-state index in [2.05, 4.69) is 9.60 Å². The van der Waals surface area contributed by atoms with E-state index in [1.54, 1.807) is 0 Å². The zero-order valence-corrected chi connectivity index (χ0v) is 8.12. The summed E-state index contributed by atoms with van der Waals surface area (Å²) in [6.07, 6.45) is 0. The van der Waals surface area contributed by atoms with Crippen LogP contribution < -0.4 is 11.1 Å². The lowest BCUT2D eigenvalue weighted by atomic mass is 10.2. The molecule has 1 fully saturated rings. The Morgan fingerprint density at radius 3 is 2.86 bits per heavy atom. The fraction of sp³-hybridized carbons (Fsp3) is 0.800. The van der Waals surface area contributed by atoms with Gasteiger partial charge in [0.25, 0.3) is 0 Å². The maximum Gasteiger partial charge on any atom is 0.413 e. The smallest absolute Gasteiger partial charge is 0.386 e. The number of nitrogens with two attached hydrogens (primary N) is 1. The Bertz CT molecular complexity index is 316. The molecule has 0 spiro atoms. The fourth-order valence-electron chi connectivity index (χ4n) is 1.16. The summed E-state index contributed by atoms with van der Waals surface area (Å²) in [5.41, 5.74) is 5.22. The second-order valence-corrected chi connectivity index (χ2v) is 3.82. The number of hydrogen-bond donors (Lipinski definition) is 4. The third-order valence-electron chi connectivity index (χ3n) is 1.74. The van der Waals surface area contributed by atoms with Crippen LogP contribution in [-0.2, 0) is 14.7 Å². The molecule has 0 aliphatic carbocycles. The van der Waals surface area contributed by atoms with Crippen LogP contribution in [0.1, 0.15) is 0 Å². The summed E-state index contributed by atoms with van der Waals surface area (Å²) < 4.78 is 33.6. The van der Waals surface area contributed by atoms with Gasteiger partial charge in [-0.05, 0) is 0 Å². The molecule has 82 valence electrons. The average Bonchev–Trinajstić information content (AvgIpc) is 2.01. The molecule has 0 aromatic heterocycles. The Kier molecular flexibility index (Phi) is 3.39. The van der Waals surface area contributed by atoms with E-state index in [9.17, 15) is 8.42 Å². The van der Waals surface area contributed by atoms with Crippen molar-refractivity contribution in [3.05, 3.63) is 0 Å². The van der Waals surface area contributed by atoms with E-state index < -0.39 is 16.4 Å². The first-order valence-corrected chi connectivity index (χ1v) is 5.25. The number of hydrogen-bond acceptors (Lipinski definition) is 6. The van der Waals surface area contributed by atoms with Crippen molar-refractivity contribution in [3.63, 3.8) is 0 Å². The third-order valence-corrected chi connectivity index (χ3v) is 2.12. The molecule has 1 unspecified atom stereocenters. The maximum absolute atomic E-state index is 10.4. The van der Waals surface area contributed by atoms with Crippen LogP contribution >= 0.6 is 0 Å². The minimum atomic E-state index is -4.54. The van der Waals surface area contributed by atoms with Gasteiger partial charge < -0.3 is 11.1 Å². The van der Waals surface area contributed by atoms with Gasteiger partial charge in [0.1, 0.15) is 11.9 Å². The third kappa shape index (κ3) is 3.20. The minimum absolute atomic E-state index is 0.221. The standard InChI is InChI=1S/C5H12N4O4S/c6-5(7)4-3-8-1-2-9(4)13-14(10,11)12/h4,8H,1-3H2,(H3,6,7)(H,10,11,12). The van der Waals surface area contributed by atoms with Crippen LogP contribution in [0, 0.1) is 5.41 Å². The van der Waals surface area contributed by atoms with Crippen molar-refractivity contribution in [1.29, 1.82) is 5.41 Å². The molecule has 0 aromatic rings. The van der Waals surface area contributed by atoms with E-state index in [-0.39, 0.29) is 12.4 Å². The van der Waals surface area contributed by atoms with Crippen LogP contribution in [0.5, 0.6) is 0 Å².